The second-order valence-electron chi connectivity index (χ2n) is 6.28. The van der Waals surface area contributed by atoms with Crippen LogP contribution >= 0.6 is 0 Å². The monoisotopic (exact) mass is 242 g/mol. The summed E-state index contributed by atoms with van der Waals surface area (Å²) in [5, 5.41) is 12.8. The average Bonchev–Trinajstić information content (AvgIpc) is 2.19. The Morgan fingerprint density at radius 2 is 1.76 bits per heavy atom. The molecule has 0 aliphatic heterocycles. The van der Waals surface area contributed by atoms with Gasteiger partial charge in [0.05, 0.1) is 17.6 Å². The Balaban J connectivity index is 2.65. The molecule has 100 valence electrons. The van der Waals surface area contributed by atoms with Gasteiger partial charge in [0.25, 0.3) is 0 Å². The number of carbonyl (C=O) groups is 1. The molecule has 0 heterocycles. The van der Waals surface area contributed by atoms with Gasteiger partial charge >= 0.3 is 0 Å². The molecule has 0 aromatic heterocycles. The number of amides is 1. The molecule has 4 N–H and O–H groups in total. The number of nitrogens with one attached hydrogen (secondary N) is 1. The summed E-state index contributed by atoms with van der Waals surface area (Å²) >= 11 is 0. The van der Waals surface area contributed by atoms with Crippen LogP contribution in [0.3, 0.4) is 0 Å². The van der Waals surface area contributed by atoms with Gasteiger partial charge in [0.2, 0.25) is 5.91 Å². The maximum atomic E-state index is 12.2. The summed E-state index contributed by atoms with van der Waals surface area (Å²) in [4.78, 5) is 12.2. The van der Waals surface area contributed by atoms with Crippen LogP contribution in [0.4, 0.5) is 0 Å². The molecule has 2 unspecified atom stereocenters. The van der Waals surface area contributed by atoms with Gasteiger partial charge in [-0.2, -0.15) is 0 Å². The smallest absolute Gasteiger partial charge is 0.227 e. The van der Waals surface area contributed by atoms with Crippen molar-refractivity contribution < 1.29 is 9.90 Å². The molecule has 1 saturated carbocycles. The lowest BCUT2D eigenvalue weighted by Gasteiger charge is -2.39. The Kier molecular flexibility index (Phi) is 4.20. The van der Waals surface area contributed by atoms with Gasteiger partial charge in [-0.15, -0.1) is 0 Å². The van der Waals surface area contributed by atoms with Crippen LogP contribution in [0.15, 0.2) is 0 Å². The summed E-state index contributed by atoms with van der Waals surface area (Å²) in [5.41, 5.74) is 4.80. The minimum atomic E-state index is -0.649. The summed E-state index contributed by atoms with van der Waals surface area (Å²) in [6.07, 6.45) is 3.32. The van der Waals surface area contributed by atoms with Gasteiger partial charge in [0, 0.05) is 5.54 Å². The van der Waals surface area contributed by atoms with Crippen LogP contribution in [0.1, 0.15) is 53.4 Å². The molecule has 0 aromatic carbocycles. The number of carbonyl (C=O) groups excluding carboxylic acids is 1. The van der Waals surface area contributed by atoms with Gasteiger partial charge in [0.1, 0.15) is 0 Å². The first-order chi connectivity index (χ1) is 7.66. The fourth-order valence-electron chi connectivity index (χ4n) is 1.92. The standard InChI is InChI=1S/C13H26N2O2/c1-12(2,13(3,4)14)11(17)15-9-7-5-6-8-10(9)16/h9-10,16H,5-8,14H2,1-4H3,(H,15,17). The van der Waals surface area contributed by atoms with E-state index in [4.69, 9.17) is 5.73 Å². The molecule has 2 atom stereocenters. The van der Waals surface area contributed by atoms with Gasteiger partial charge in [0.15, 0.2) is 0 Å². The third-order valence-electron chi connectivity index (χ3n) is 4.22. The lowest BCUT2D eigenvalue weighted by atomic mass is 9.74. The molecule has 1 amide bonds. The Bertz CT molecular complexity index is 282. The number of hydrogen-bond acceptors (Lipinski definition) is 3. The van der Waals surface area contributed by atoms with Crippen molar-refractivity contribution in [2.75, 3.05) is 0 Å². The molecule has 0 saturated heterocycles. The van der Waals surface area contributed by atoms with E-state index in [1.165, 1.54) is 0 Å². The van der Waals surface area contributed by atoms with Crippen LogP contribution in [-0.2, 0) is 4.79 Å². The van der Waals surface area contributed by atoms with E-state index < -0.39 is 17.1 Å². The largest absolute Gasteiger partial charge is 0.391 e. The summed E-state index contributed by atoms with van der Waals surface area (Å²) in [7, 11) is 0. The minimum Gasteiger partial charge on any atom is -0.391 e. The highest BCUT2D eigenvalue weighted by Gasteiger charge is 2.41. The molecule has 17 heavy (non-hydrogen) atoms. The van der Waals surface area contributed by atoms with Crippen molar-refractivity contribution in [1.29, 1.82) is 0 Å². The van der Waals surface area contributed by atoms with Crippen LogP contribution in [0.5, 0.6) is 0 Å². The van der Waals surface area contributed by atoms with E-state index in [0.29, 0.717) is 0 Å². The van der Waals surface area contributed by atoms with Crippen LogP contribution in [-0.4, -0.2) is 28.7 Å². The van der Waals surface area contributed by atoms with Gasteiger partial charge in [-0.1, -0.05) is 12.8 Å². The summed E-state index contributed by atoms with van der Waals surface area (Å²) in [6.45, 7) is 7.39. The molecule has 1 aliphatic rings. The Morgan fingerprint density at radius 3 is 2.24 bits per heavy atom. The Labute approximate surface area is 104 Å². The van der Waals surface area contributed by atoms with Crippen molar-refractivity contribution in [3.05, 3.63) is 0 Å². The predicted octanol–water partition coefficient (Wildman–Crippen LogP) is 1.17. The first-order valence-electron chi connectivity index (χ1n) is 6.44. The lowest BCUT2D eigenvalue weighted by Crippen LogP contribution is -2.58. The fraction of sp³-hybridized carbons (Fsp3) is 0.923. The second-order valence-corrected chi connectivity index (χ2v) is 6.28. The first kappa shape index (κ1) is 14.5. The Hall–Kier alpha value is -0.610. The Morgan fingerprint density at radius 1 is 1.24 bits per heavy atom. The van der Waals surface area contributed by atoms with Crippen molar-refractivity contribution in [3.63, 3.8) is 0 Å². The van der Waals surface area contributed by atoms with Crippen LogP contribution in [0, 0.1) is 5.41 Å². The molecule has 4 nitrogen and oxygen atoms in total. The number of aliphatic hydroxyl groups excluding tert-OH is 1. The summed E-state index contributed by atoms with van der Waals surface area (Å²) in [6, 6.07) is -0.113. The second kappa shape index (κ2) is 4.94. The zero-order valence-electron chi connectivity index (χ0n) is 11.4. The number of hydrogen-bond donors (Lipinski definition) is 3. The maximum absolute atomic E-state index is 12.2. The van der Waals surface area contributed by atoms with Gasteiger partial charge in [-0.05, 0) is 40.5 Å². The van der Waals surface area contributed by atoms with Gasteiger partial charge in [-0.25, -0.2) is 0 Å². The number of nitrogens with two attached hydrogens (primary N) is 1. The van der Waals surface area contributed by atoms with Crippen LogP contribution < -0.4 is 11.1 Å². The minimum absolute atomic E-state index is 0.0732. The van der Waals surface area contributed by atoms with Crippen molar-refractivity contribution in [2.24, 2.45) is 11.1 Å². The number of aliphatic hydroxyl groups is 1. The SMILES string of the molecule is CC(C)(N)C(C)(C)C(=O)NC1CCCCC1O. The van der Waals surface area contributed by atoms with E-state index in [-0.39, 0.29) is 11.9 Å². The molecule has 1 rings (SSSR count). The van der Waals surface area contributed by atoms with Crippen LogP contribution in [0.2, 0.25) is 0 Å². The van der Waals surface area contributed by atoms with E-state index >= 15 is 0 Å². The molecule has 0 radical (unpaired) electrons. The van der Waals surface area contributed by atoms with E-state index in [0.717, 1.165) is 25.7 Å². The highest BCUT2D eigenvalue weighted by atomic mass is 16.3. The third-order valence-corrected chi connectivity index (χ3v) is 4.22. The zero-order chi connectivity index (χ0) is 13.3. The summed E-state index contributed by atoms with van der Waals surface area (Å²) in [5.74, 6) is -0.0732. The predicted molar refractivity (Wildman–Crippen MR) is 68.5 cm³/mol. The van der Waals surface area contributed by atoms with Crippen molar-refractivity contribution in [1.82, 2.24) is 5.32 Å². The van der Waals surface area contributed by atoms with Gasteiger partial charge < -0.3 is 16.2 Å². The van der Waals surface area contributed by atoms with E-state index in [9.17, 15) is 9.90 Å². The van der Waals surface area contributed by atoms with Crippen LogP contribution in [0.25, 0.3) is 0 Å². The fourth-order valence-corrected chi connectivity index (χ4v) is 1.92. The highest BCUT2D eigenvalue weighted by molar-refractivity contribution is 5.83. The molecular formula is C13H26N2O2. The topological polar surface area (TPSA) is 75.4 Å². The first-order valence-corrected chi connectivity index (χ1v) is 6.44. The van der Waals surface area contributed by atoms with E-state index in [1.807, 2.05) is 27.7 Å². The zero-order valence-corrected chi connectivity index (χ0v) is 11.4. The number of rotatable bonds is 3. The van der Waals surface area contributed by atoms with Crippen molar-refractivity contribution in [2.45, 2.75) is 71.1 Å². The molecule has 0 spiro atoms. The van der Waals surface area contributed by atoms with Crippen molar-refractivity contribution >= 4 is 5.91 Å². The quantitative estimate of drug-likeness (QED) is 0.695. The average molecular weight is 242 g/mol. The van der Waals surface area contributed by atoms with Crippen molar-refractivity contribution in [3.8, 4) is 0 Å². The highest BCUT2D eigenvalue weighted by Crippen LogP contribution is 2.29. The normalized spacial score (nSPS) is 26.7. The molecule has 1 aliphatic carbocycles. The van der Waals surface area contributed by atoms with E-state index in [1.54, 1.807) is 0 Å². The molecule has 0 bridgehead atoms. The molecule has 0 aromatic rings. The maximum Gasteiger partial charge on any atom is 0.227 e. The van der Waals surface area contributed by atoms with Gasteiger partial charge in [-0.3, -0.25) is 4.79 Å². The van der Waals surface area contributed by atoms with E-state index in [2.05, 4.69) is 5.32 Å². The third kappa shape index (κ3) is 3.19. The molecule has 1 fully saturated rings. The summed E-state index contributed by atoms with van der Waals surface area (Å²) < 4.78 is 0. The molecule has 4 heteroatoms. The lowest BCUT2D eigenvalue weighted by molar-refractivity contribution is -0.134. The molecular weight excluding hydrogens is 216 g/mol.